The zero-order chi connectivity index (χ0) is 27.1. The lowest BCUT2D eigenvalue weighted by atomic mass is 9.73. The van der Waals surface area contributed by atoms with Crippen LogP contribution in [-0.2, 0) is 10.3 Å². The van der Waals surface area contributed by atoms with E-state index in [0.717, 1.165) is 73.7 Å². The number of nitrogens with zero attached hydrogens (tertiary/aromatic N) is 4. The fourth-order valence-corrected chi connectivity index (χ4v) is 6.09. The van der Waals surface area contributed by atoms with Crippen molar-refractivity contribution in [1.82, 2.24) is 19.4 Å². The molecule has 0 atom stereocenters. The van der Waals surface area contributed by atoms with E-state index in [4.69, 9.17) is 26.5 Å². The molecule has 40 heavy (non-hydrogen) atoms. The van der Waals surface area contributed by atoms with Gasteiger partial charge in [-0.2, -0.15) is 0 Å². The van der Waals surface area contributed by atoms with Gasteiger partial charge in [-0.05, 0) is 85.1 Å². The molecule has 202 valence electrons. The Hall–Kier alpha value is -3.91. The molecule has 1 saturated heterocycles. The minimum atomic E-state index is -0.172. The number of anilines is 1. The number of imidazole rings is 1. The van der Waals surface area contributed by atoms with E-state index in [0.29, 0.717) is 11.4 Å². The maximum absolute atomic E-state index is 10.8. The molecule has 2 aromatic heterocycles. The predicted octanol–water partition coefficient (Wildman–Crippen LogP) is 6.42. The highest BCUT2D eigenvalue weighted by Crippen LogP contribution is 2.42. The summed E-state index contributed by atoms with van der Waals surface area (Å²) >= 11 is 6.16. The standard InChI is InChI=1S/C32H30ClN5O2/c33-36-32(15-4-16-32)23-9-11-24(12-10-23)38-30(26-7-1-2-8-29(26)39)35-28-14-13-27(34-31(28)38)22-5-3-6-25(21-22)37-17-19-40-20-18-37/h1-3,5-14,21,36,39H,4,15-20H2. The van der Waals surface area contributed by atoms with Gasteiger partial charge in [0, 0.05) is 30.0 Å². The fraction of sp³-hybridized carbons (Fsp3) is 0.250. The molecule has 0 radical (unpaired) electrons. The first-order chi connectivity index (χ1) is 19.6. The van der Waals surface area contributed by atoms with Gasteiger partial charge in [0.2, 0.25) is 0 Å². The van der Waals surface area contributed by atoms with Gasteiger partial charge in [0.1, 0.15) is 11.3 Å². The molecular weight excluding hydrogens is 522 g/mol. The Bertz CT molecular complexity index is 1670. The summed E-state index contributed by atoms with van der Waals surface area (Å²) in [7, 11) is 0. The van der Waals surface area contributed by atoms with Crippen LogP contribution >= 0.6 is 11.8 Å². The van der Waals surface area contributed by atoms with Gasteiger partial charge in [-0.25, -0.2) is 14.8 Å². The number of pyridine rings is 1. The molecule has 0 spiro atoms. The lowest BCUT2D eigenvalue weighted by Crippen LogP contribution is -2.43. The number of para-hydroxylation sites is 1. The van der Waals surface area contributed by atoms with Crippen molar-refractivity contribution in [2.75, 3.05) is 31.2 Å². The van der Waals surface area contributed by atoms with E-state index in [-0.39, 0.29) is 11.3 Å². The van der Waals surface area contributed by atoms with Gasteiger partial charge < -0.3 is 14.7 Å². The molecule has 0 unspecified atom stereocenters. The maximum atomic E-state index is 10.8. The largest absolute Gasteiger partial charge is 0.507 e. The molecule has 1 saturated carbocycles. The first kappa shape index (κ1) is 25.1. The molecule has 7 nitrogen and oxygen atoms in total. The second-order valence-corrected chi connectivity index (χ2v) is 10.7. The number of hydrogen-bond donors (Lipinski definition) is 2. The Labute approximate surface area is 238 Å². The molecule has 5 aromatic rings. The van der Waals surface area contributed by atoms with E-state index in [2.05, 4.69) is 58.3 Å². The number of aromatic hydroxyl groups is 1. The van der Waals surface area contributed by atoms with Crippen LogP contribution < -0.4 is 9.74 Å². The van der Waals surface area contributed by atoms with Crippen LogP contribution in [0, 0.1) is 0 Å². The Kier molecular flexibility index (Phi) is 6.42. The lowest BCUT2D eigenvalue weighted by molar-refractivity contribution is 0.122. The number of nitrogens with one attached hydrogen (secondary N) is 1. The number of aromatic nitrogens is 3. The lowest BCUT2D eigenvalue weighted by Gasteiger charge is -2.41. The van der Waals surface area contributed by atoms with E-state index in [1.165, 1.54) is 11.3 Å². The van der Waals surface area contributed by atoms with Crippen molar-refractivity contribution in [2.45, 2.75) is 24.8 Å². The SMILES string of the molecule is Oc1ccccc1-c1nc2ccc(-c3cccc(N4CCOCC4)c3)nc2n1-c1ccc(C2(NCl)CCC2)cc1. The first-order valence-corrected chi connectivity index (χ1v) is 14.1. The number of ether oxygens (including phenoxy) is 1. The van der Waals surface area contributed by atoms with Crippen LogP contribution in [0.3, 0.4) is 0 Å². The highest BCUT2D eigenvalue weighted by molar-refractivity contribution is 6.14. The summed E-state index contributed by atoms with van der Waals surface area (Å²) in [5, 5.41) is 10.8. The third kappa shape index (κ3) is 4.31. The maximum Gasteiger partial charge on any atom is 0.165 e. The van der Waals surface area contributed by atoms with Crippen molar-refractivity contribution in [3.8, 4) is 34.1 Å². The summed E-state index contributed by atoms with van der Waals surface area (Å²) in [5.41, 5.74) is 7.12. The number of rotatable bonds is 6. The molecule has 7 rings (SSSR count). The Balaban J connectivity index is 1.36. The highest BCUT2D eigenvalue weighted by Gasteiger charge is 2.38. The molecular formula is C32H30ClN5O2. The Morgan fingerprint density at radius 3 is 2.38 bits per heavy atom. The summed E-state index contributed by atoms with van der Waals surface area (Å²) in [4.78, 5) is 15.4. The van der Waals surface area contributed by atoms with Gasteiger partial charge in [0.25, 0.3) is 0 Å². The molecule has 2 fully saturated rings. The number of phenols is 1. The Morgan fingerprint density at radius 2 is 1.65 bits per heavy atom. The first-order valence-electron chi connectivity index (χ1n) is 13.7. The second kappa shape index (κ2) is 10.2. The zero-order valence-electron chi connectivity index (χ0n) is 22.1. The number of halogens is 1. The van der Waals surface area contributed by atoms with Gasteiger partial charge in [-0.15, -0.1) is 0 Å². The highest BCUT2D eigenvalue weighted by atomic mass is 35.5. The van der Waals surface area contributed by atoms with E-state index < -0.39 is 0 Å². The molecule has 1 aliphatic carbocycles. The number of phenolic OH excluding ortho intramolecular Hbond substituents is 1. The van der Waals surface area contributed by atoms with E-state index in [1.54, 1.807) is 6.07 Å². The van der Waals surface area contributed by atoms with Crippen LogP contribution in [-0.4, -0.2) is 45.9 Å². The average Bonchev–Trinajstić information content (AvgIpc) is 3.36. The second-order valence-electron chi connectivity index (χ2n) is 10.6. The van der Waals surface area contributed by atoms with Gasteiger partial charge in [0.05, 0.1) is 30.0 Å². The molecule has 0 amide bonds. The summed E-state index contributed by atoms with van der Waals surface area (Å²) in [6.45, 7) is 3.24. The molecule has 0 bridgehead atoms. The van der Waals surface area contributed by atoms with Crippen LogP contribution in [0.4, 0.5) is 5.69 Å². The van der Waals surface area contributed by atoms with Gasteiger partial charge >= 0.3 is 0 Å². The fourth-order valence-electron chi connectivity index (χ4n) is 5.79. The average molecular weight is 552 g/mol. The third-order valence-electron chi connectivity index (χ3n) is 8.23. The van der Waals surface area contributed by atoms with Crippen molar-refractivity contribution < 1.29 is 9.84 Å². The molecule has 3 aromatic carbocycles. The van der Waals surface area contributed by atoms with Gasteiger partial charge in [-0.3, -0.25) is 4.57 Å². The zero-order valence-corrected chi connectivity index (χ0v) is 22.8. The summed E-state index contributed by atoms with van der Waals surface area (Å²) in [6.07, 6.45) is 3.19. The Morgan fingerprint density at radius 1 is 0.850 bits per heavy atom. The third-order valence-corrected chi connectivity index (χ3v) is 8.60. The van der Waals surface area contributed by atoms with Crippen LogP contribution in [0.25, 0.3) is 39.5 Å². The van der Waals surface area contributed by atoms with E-state index in [1.807, 2.05) is 34.9 Å². The van der Waals surface area contributed by atoms with Crippen LogP contribution in [0.1, 0.15) is 24.8 Å². The molecule has 8 heteroatoms. The summed E-state index contributed by atoms with van der Waals surface area (Å²) in [6, 6.07) is 28.2. The monoisotopic (exact) mass is 551 g/mol. The van der Waals surface area contributed by atoms with Gasteiger partial charge in [-0.1, -0.05) is 36.4 Å². The minimum absolute atomic E-state index is 0.172. The van der Waals surface area contributed by atoms with E-state index >= 15 is 0 Å². The summed E-state index contributed by atoms with van der Waals surface area (Å²) < 4.78 is 7.57. The number of hydrogen-bond acceptors (Lipinski definition) is 6. The number of benzene rings is 3. The number of fused-ring (bicyclic) bond motifs is 1. The van der Waals surface area contributed by atoms with Crippen molar-refractivity contribution >= 4 is 28.6 Å². The molecule has 2 N–H and O–H groups in total. The van der Waals surface area contributed by atoms with Crippen molar-refractivity contribution in [3.05, 3.63) is 90.5 Å². The van der Waals surface area contributed by atoms with E-state index in [9.17, 15) is 5.11 Å². The quantitative estimate of drug-likeness (QED) is 0.237. The van der Waals surface area contributed by atoms with Crippen LogP contribution in [0.15, 0.2) is 84.9 Å². The number of morpholine rings is 1. The smallest absolute Gasteiger partial charge is 0.165 e. The molecule has 3 heterocycles. The predicted molar refractivity (Wildman–Crippen MR) is 159 cm³/mol. The van der Waals surface area contributed by atoms with Gasteiger partial charge in [0.15, 0.2) is 11.5 Å². The minimum Gasteiger partial charge on any atom is -0.507 e. The van der Waals surface area contributed by atoms with Crippen LogP contribution in [0.2, 0.25) is 0 Å². The van der Waals surface area contributed by atoms with Crippen molar-refractivity contribution in [1.29, 1.82) is 0 Å². The normalized spacial score (nSPS) is 16.7. The molecule has 1 aliphatic heterocycles. The van der Waals surface area contributed by atoms with Crippen LogP contribution in [0.5, 0.6) is 5.75 Å². The summed E-state index contributed by atoms with van der Waals surface area (Å²) in [5.74, 6) is 0.815. The topological polar surface area (TPSA) is 75.4 Å². The van der Waals surface area contributed by atoms with Crippen molar-refractivity contribution in [2.24, 2.45) is 0 Å². The van der Waals surface area contributed by atoms with Crippen molar-refractivity contribution in [3.63, 3.8) is 0 Å². The molecule has 2 aliphatic rings.